The normalized spacial score (nSPS) is 20.4. The van der Waals surface area contributed by atoms with Crippen molar-refractivity contribution < 1.29 is 9.53 Å². The second-order valence-electron chi connectivity index (χ2n) is 8.44. The lowest BCUT2D eigenvalue weighted by atomic mass is 9.74. The van der Waals surface area contributed by atoms with E-state index in [1.54, 1.807) is 7.11 Å². The van der Waals surface area contributed by atoms with Crippen LogP contribution in [0.1, 0.15) is 50.5 Å². The highest BCUT2D eigenvalue weighted by molar-refractivity contribution is 7.03. The predicted molar refractivity (Wildman–Crippen MR) is 104 cm³/mol. The quantitative estimate of drug-likeness (QED) is 0.614. The van der Waals surface area contributed by atoms with Crippen molar-refractivity contribution in [2.24, 2.45) is 11.8 Å². The molecule has 134 valence electrons. The van der Waals surface area contributed by atoms with E-state index in [-0.39, 0.29) is 17.9 Å². The van der Waals surface area contributed by atoms with Gasteiger partial charge in [-0.1, -0.05) is 76.2 Å². The van der Waals surface area contributed by atoms with E-state index in [0.717, 1.165) is 0 Å². The zero-order valence-electron chi connectivity index (χ0n) is 16.0. The summed E-state index contributed by atoms with van der Waals surface area (Å²) in [5.41, 5.74) is 1.27. The van der Waals surface area contributed by atoms with Crippen LogP contribution in [0.3, 0.4) is 0 Å². The third kappa shape index (κ3) is 4.57. The van der Waals surface area contributed by atoms with Gasteiger partial charge < -0.3 is 9.53 Å². The van der Waals surface area contributed by atoms with Crippen LogP contribution in [0.15, 0.2) is 30.3 Å². The minimum absolute atomic E-state index is 0.0188. The van der Waals surface area contributed by atoms with Crippen LogP contribution in [-0.4, -0.2) is 26.7 Å². The van der Waals surface area contributed by atoms with E-state index in [1.165, 1.54) is 37.7 Å². The van der Waals surface area contributed by atoms with Gasteiger partial charge in [-0.05, 0) is 24.3 Å². The summed E-state index contributed by atoms with van der Waals surface area (Å²) in [6.07, 6.45) is 6.18. The average molecular weight is 347 g/mol. The fourth-order valence-corrected chi connectivity index (χ4v) is 5.63. The molecule has 0 aliphatic heterocycles. The smallest absolute Gasteiger partial charge is 0.124 e. The first-order chi connectivity index (χ1) is 11.4. The summed E-state index contributed by atoms with van der Waals surface area (Å²) in [4.78, 5) is 13.4. The van der Waals surface area contributed by atoms with E-state index >= 15 is 0 Å². The molecule has 1 fully saturated rings. The van der Waals surface area contributed by atoms with Crippen LogP contribution >= 0.6 is 0 Å². The molecule has 2 nitrogen and oxygen atoms in total. The van der Waals surface area contributed by atoms with Crippen LogP contribution in [0.4, 0.5) is 0 Å². The lowest BCUT2D eigenvalue weighted by Crippen LogP contribution is -2.49. The first-order valence-corrected chi connectivity index (χ1v) is 13.0. The Balaban J connectivity index is 2.33. The molecule has 1 saturated carbocycles. The number of rotatable bonds is 7. The Bertz CT molecular complexity index is 514. The number of hydrogen-bond donors (Lipinski definition) is 0. The third-order valence-electron chi connectivity index (χ3n) is 5.64. The summed E-state index contributed by atoms with van der Waals surface area (Å²) >= 11 is 0. The summed E-state index contributed by atoms with van der Waals surface area (Å²) in [5.74, 6) is 0.787. The fourth-order valence-electron chi connectivity index (χ4n) is 4.23. The Morgan fingerprint density at radius 2 is 1.67 bits per heavy atom. The Kier molecular flexibility index (Phi) is 6.82. The number of hydrogen-bond acceptors (Lipinski definition) is 2. The molecule has 0 bridgehead atoms. The Morgan fingerprint density at radius 3 is 2.17 bits per heavy atom. The number of ether oxygens (including phenoxy) is 1. The lowest BCUT2D eigenvalue weighted by molar-refractivity contribution is -0.124. The second-order valence-corrected chi connectivity index (χ2v) is 13.4. The highest BCUT2D eigenvalue weighted by atomic mass is 28.3. The largest absolute Gasteiger partial charge is 0.380 e. The van der Waals surface area contributed by atoms with Crippen LogP contribution in [0.2, 0.25) is 19.6 Å². The summed E-state index contributed by atoms with van der Waals surface area (Å²) in [6, 6.07) is 10.5. The van der Waals surface area contributed by atoms with E-state index in [2.05, 4.69) is 50.8 Å². The van der Waals surface area contributed by atoms with Crippen molar-refractivity contribution in [1.82, 2.24) is 0 Å². The SMILES string of the molecule is CO[C@H]([C@@H](C)c1ccccc1)[C@@H](C(=O)[Si](C)(C)C)C1CCCCC1. The Hall–Kier alpha value is -0.933. The minimum atomic E-state index is -1.85. The Labute approximate surface area is 149 Å². The van der Waals surface area contributed by atoms with Gasteiger partial charge >= 0.3 is 0 Å². The minimum Gasteiger partial charge on any atom is -0.380 e. The topological polar surface area (TPSA) is 26.3 Å². The van der Waals surface area contributed by atoms with Crippen molar-refractivity contribution in [2.45, 2.75) is 70.7 Å². The zero-order valence-corrected chi connectivity index (χ0v) is 17.0. The van der Waals surface area contributed by atoms with E-state index in [0.29, 0.717) is 11.3 Å². The van der Waals surface area contributed by atoms with Crippen LogP contribution < -0.4 is 0 Å². The fraction of sp³-hybridized carbons (Fsp3) is 0.667. The lowest BCUT2D eigenvalue weighted by Gasteiger charge is -2.39. The molecule has 1 aromatic rings. The highest BCUT2D eigenvalue weighted by Crippen LogP contribution is 2.39. The maximum absolute atomic E-state index is 13.4. The molecule has 0 unspecified atom stereocenters. The van der Waals surface area contributed by atoms with E-state index in [4.69, 9.17) is 4.74 Å². The molecule has 0 saturated heterocycles. The van der Waals surface area contributed by atoms with Gasteiger partial charge in [-0.2, -0.15) is 0 Å². The first-order valence-electron chi connectivity index (χ1n) is 9.48. The molecule has 1 aliphatic carbocycles. The van der Waals surface area contributed by atoms with Crippen molar-refractivity contribution in [1.29, 1.82) is 0 Å². The molecule has 0 aromatic heterocycles. The van der Waals surface area contributed by atoms with Gasteiger partial charge in [-0.3, -0.25) is 0 Å². The maximum atomic E-state index is 13.4. The van der Waals surface area contributed by atoms with Gasteiger partial charge in [0.15, 0.2) is 0 Å². The molecule has 0 amide bonds. The second kappa shape index (κ2) is 8.44. The molecule has 2 rings (SSSR count). The van der Waals surface area contributed by atoms with Crippen LogP contribution in [0, 0.1) is 11.8 Å². The first kappa shape index (κ1) is 19.4. The number of benzene rings is 1. The average Bonchev–Trinajstić information content (AvgIpc) is 2.59. The summed E-state index contributed by atoms with van der Waals surface area (Å²) in [6.45, 7) is 8.78. The number of methoxy groups -OCH3 is 1. The number of carbonyl (C=O) groups excluding carboxylic acids is 1. The molecule has 3 heteroatoms. The zero-order chi connectivity index (χ0) is 17.7. The summed E-state index contributed by atoms with van der Waals surface area (Å²) in [7, 11) is -0.0633. The summed E-state index contributed by atoms with van der Waals surface area (Å²) < 4.78 is 6.00. The van der Waals surface area contributed by atoms with E-state index < -0.39 is 8.07 Å². The van der Waals surface area contributed by atoms with Crippen molar-refractivity contribution in [3.63, 3.8) is 0 Å². The molecule has 1 aliphatic rings. The van der Waals surface area contributed by atoms with Gasteiger partial charge in [0.05, 0.1) is 6.10 Å². The van der Waals surface area contributed by atoms with Gasteiger partial charge in [0.1, 0.15) is 13.5 Å². The maximum Gasteiger partial charge on any atom is 0.124 e. The van der Waals surface area contributed by atoms with E-state index in [1.807, 2.05) is 6.07 Å². The van der Waals surface area contributed by atoms with Gasteiger partial charge in [0.2, 0.25) is 0 Å². The van der Waals surface area contributed by atoms with Gasteiger partial charge in [0, 0.05) is 18.9 Å². The molecule has 0 spiro atoms. The van der Waals surface area contributed by atoms with Crippen molar-refractivity contribution in [3.05, 3.63) is 35.9 Å². The summed E-state index contributed by atoms with van der Waals surface area (Å²) in [5, 5.41) is 0.504. The van der Waals surface area contributed by atoms with Gasteiger partial charge in [-0.25, -0.2) is 0 Å². The molecule has 0 N–H and O–H groups in total. The van der Waals surface area contributed by atoms with Crippen molar-refractivity contribution >= 4 is 13.5 Å². The van der Waals surface area contributed by atoms with Crippen LogP contribution in [0.5, 0.6) is 0 Å². The van der Waals surface area contributed by atoms with Gasteiger partial charge in [0.25, 0.3) is 0 Å². The van der Waals surface area contributed by atoms with Crippen LogP contribution in [0.25, 0.3) is 0 Å². The Morgan fingerprint density at radius 1 is 1.08 bits per heavy atom. The molecule has 24 heavy (non-hydrogen) atoms. The van der Waals surface area contributed by atoms with Crippen LogP contribution in [-0.2, 0) is 9.53 Å². The van der Waals surface area contributed by atoms with E-state index in [9.17, 15) is 4.79 Å². The standard InChI is InChI=1S/C21H34O2Si/c1-16(17-12-8-6-9-13-17)20(23-2)19(21(22)24(3,4)5)18-14-10-7-11-15-18/h6,8-9,12-13,16,18-20H,7,10-11,14-15H2,1-5H3/t16-,19-,20+/m0/s1. The van der Waals surface area contributed by atoms with Gasteiger partial charge in [-0.15, -0.1) is 0 Å². The molecular formula is C21H34O2Si. The van der Waals surface area contributed by atoms with Crippen molar-refractivity contribution in [3.8, 4) is 0 Å². The predicted octanol–water partition coefficient (Wildman–Crippen LogP) is 5.45. The molecule has 1 aromatic carbocycles. The number of carbonyl (C=O) groups is 1. The molecule has 3 atom stereocenters. The molecule has 0 radical (unpaired) electrons. The highest BCUT2D eigenvalue weighted by Gasteiger charge is 2.43. The van der Waals surface area contributed by atoms with Crippen molar-refractivity contribution in [2.75, 3.05) is 7.11 Å². The molecule has 0 heterocycles. The third-order valence-corrected chi connectivity index (χ3v) is 7.46. The monoisotopic (exact) mass is 346 g/mol. The molecular weight excluding hydrogens is 312 g/mol.